The predicted molar refractivity (Wildman–Crippen MR) is 136 cm³/mol. The first-order chi connectivity index (χ1) is 16.5. The second-order valence-corrected chi connectivity index (χ2v) is 9.21. The first kappa shape index (κ1) is 22.5. The van der Waals surface area contributed by atoms with Crippen LogP contribution in [0.1, 0.15) is 30.2 Å². The summed E-state index contributed by atoms with van der Waals surface area (Å²) in [5.41, 5.74) is 3.77. The highest BCUT2D eigenvalue weighted by Gasteiger charge is 2.19. The molecule has 0 fully saturated rings. The topological polar surface area (TPSA) is 57.9 Å². The lowest BCUT2D eigenvalue weighted by Crippen LogP contribution is -2.09. The summed E-state index contributed by atoms with van der Waals surface area (Å²) in [4.78, 5) is 13.6. The Morgan fingerprint density at radius 2 is 1.74 bits per heavy atom. The third kappa shape index (κ3) is 4.42. The molecule has 5 nitrogen and oxygen atoms in total. The summed E-state index contributed by atoms with van der Waals surface area (Å²) < 4.78 is 24.8. The monoisotopic (exact) mass is 520 g/mol. The van der Waals surface area contributed by atoms with E-state index >= 15 is 0 Å². The van der Waals surface area contributed by atoms with Crippen molar-refractivity contribution in [2.45, 2.75) is 33.3 Å². The van der Waals surface area contributed by atoms with Crippen molar-refractivity contribution in [2.24, 2.45) is 0 Å². The van der Waals surface area contributed by atoms with E-state index in [1.165, 1.54) is 0 Å². The molecule has 0 amide bonds. The molecule has 0 atom stereocenters. The second-order valence-electron chi connectivity index (χ2n) is 8.30. The van der Waals surface area contributed by atoms with Crippen molar-refractivity contribution in [1.82, 2.24) is 0 Å². The number of benzene rings is 3. The Hall–Kier alpha value is -3.25. The van der Waals surface area contributed by atoms with E-state index in [1.807, 2.05) is 68.4 Å². The minimum Gasteiger partial charge on any atom is -0.490 e. The van der Waals surface area contributed by atoms with E-state index in [0.29, 0.717) is 53.6 Å². The summed E-state index contributed by atoms with van der Waals surface area (Å²) in [5, 5.41) is 0.542. The molecule has 34 heavy (non-hydrogen) atoms. The number of fused-ring (bicyclic) bond motifs is 2. The number of ether oxygens (including phenoxy) is 3. The van der Waals surface area contributed by atoms with Gasteiger partial charge in [0.25, 0.3) is 0 Å². The fourth-order valence-corrected chi connectivity index (χ4v) is 4.45. The zero-order chi connectivity index (χ0) is 23.7. The summed E-state index contributed by atoms with van der Waals surface area (Å²) in [6.07, 6.45) is 1.56. The van der Waals surface area contributed by atoms with Gasteiger partial charge in [0.2, 0.25) is 5.43 Å². The number of rotatable bonds is 5. The van der Waals surface area contributed by atoms with Crippen LogP contribution in [-0.4, -0.2) is 13.2 Å². The Labute approximate surface area is 206 Å². The van der Waals surface area contributed by atoms with Crippen molar-refractivity contribution in [3.63, 3.8) is 0 Å². The lowest BCUT2D eigenvalue weighted by molar-refractivity contribution is 0.297. The Balaban J connectivity index is 1.54. The predicted octanol–water partition coefficient (Wildman–Crippen LogP) is 6.83. The molecule has 1 aliphatic heterocycles. The molecule has 0 saturated carbocycles. The van der Waals surface area contributed by atoms with E-state index in [2.05, 4.69) is 15.9 Å². The summed E-state index contributed by atoms with van der Waals surface area (Å²) in [7, 11) is 0. The average Bonchev–Trinajstić information content (AvgIpc) is 3.08. The number of hydrogen-bond acceptors (Lipinski definition) is 5. The average molecular weight is 521 g/mol. The SMILES string of the molecule is CCc1cc2c(=O)c(-c3ccc4c(c3)OCCCO4)c(C)oc2cc1OCc1ccc(Br)cc1. The second kappa shape index (κ2) is 9.55. The van der Waals surface area contributed by atoms with Gasteiger partial charge in [0.15, 0.2) is 11.5 Å². The molecule has 6 heteroatoms. The van der Waals surface area contributed by atoms with Crippen LogP contribution in [0.25, 0.3) is 22.1 Å². The minimum atomic E-state index is -0.0672. The molecule has 0 spiro atoms. The highest BCUT2D eigenvalue weighted by molar-refractivity contribution is 9.10. The van der Waals surface area contributed by atoms with Crippen LogP contribution in [0.3, 0.4) is 0 Å². The van der Waals surface area contributed by atoms with Crippen molar-refractivity contribution >= 4 is 26.9 Å². The Morgan fingerprint density at radius 1 is 0.971 bits per heavy atom. The number of hydrogen-bond donors (Lipinski definition) is 0. The van der Waals surface area contributed by atoms with E-state index in [9.17, 15) is 4.79 Å². The van der Waals surface area contributed by atoms with Crippen LogP contribution in [0.5, 0.6) is 17.2 Å². The van der Waals surface area contributed by atoms with Crippen LogP contribution in [0.2, 0.25) is 0 Å². The van der Waals surface area contributed by atoms with Gasteiger partial charge in [0.05, 0.1) is 24.2 Å². The Morgan fingerprint density at radius 3 is 2.50 bits per heavy atom. The molecule has 4 aromatic rings. The zero-order valence-corrected chi connectivity index (χ0v) is 20.7. The van der Waals surface area contributed by atoms with Crippen molar-refractivity contribution in [1.29, 1.82) is 0 Å². The minimum absolute atomic E-state index is 0.0672. The first-order valence-corrected chi connectivity index (χ1v) is 12.2. The normalized spacial score (nSPS) is 13.0. The van der Waals surface area contributed by atoms with Gasteiger partial charge >= 0.3 is 0 Å². The van der Waals surface area contributed by atoms with E-state index in [4.69, 9.17) is 18.6 Å². The van der Waals surface area contributed by atoms with E-state index < -0.39 is 0 Å². The lowest BCUT2D eigenvalue weighted by Gasteiger charge is -2.14. The molecule has 0 saturated heterocycles. The van der Waals surface area contributed by atoms with Crippen LogP contribution < -0.4 is 19.6 Å². The lowest BCUT2D eigenvalue weighted by atomic mass is 10.0. The maximum Gasteiger partial charge on any atom is 0.200 e. The zero-order valence-electron chi connectivity index (χ0n) is 19.2. The van der Waals surface area contributed by atoms with Gasteiger partial charge in [-0.3, -0.25) is 4.79 Å². The van der Waals surface area contributed by atoms with Gasteiger partial charge in [-0.2, -0.15) is 0 Å². The van der Waals surface area contributed by atoms with Gasteiger partial charge in [-0.1, -0.05) is 41.1 Å². The third-order valence-corrected chi connectivity index (χ3v) is 6.50. The highest BCUT2D eigenvalue weighted by Crippen LogP contribution is 2.36. The number of halogens is 1. The van der Waals surface area contributed by atoms with Crippen LogP contribution in [-0.2, 0) is 13.0 Å². The molecule has 0 aliphatic carbocycles. The molecule has 0 unspecified atom stereocenters. The van der Waals surface area contributed by atoms with Gasteiger partial charge in [-0.25, -0.2) is 0 Å². The Bertz CT molecular complexity index is 1410. The van der Waals surface area contributed by atoms with E-state index in [0.717, 1.165) is 39.8 Å². The molecule has 1 aliphatic rings. The van der Waals surface area contributed by atoms with Crippen molar-refractivity contribution < 1.29 is 18.6 Å². The largest absolute Gasteiger partial charge is 0.490 e. The van der Waals surface area contributed by atoms with Crippen LogP contribution in [0, 0.1) is 6.92 Å². The van der Waals surface area contributed by atoms with Gasteiger partial charge in [-0.05, 0) is 60.4 Å². The molecule has 2 heterocycles. The molecule has 1 aromatic heterocycles. The highest BCUT2D eigenvalue weighted by atomic mass is 79.9. The van der Waals surface area contributed by atoms with Crippen molar-refractivity contribution in [2.75, 3.05) is 13.2 Å². The fraction of sp³-hybridized carbons (Fsp3) is 0.250. The fourth-order valence-electron chi connectivity index (χ4n) is 4.18. The summed E-state index contributed by atoms with van der Waals surface area (Å²) >= 11 is 3.45. The smallest absolute Gasteiger partial charge is 0.200 e. The molecule has 5 rings (SSSR count). The summed E-state index contributed by atoms with van der Waals surface area (Å²) in [6, 6.07) is 17.3. The molecule has 0 N–H and O–H groups in total. The maximum atomic E-state index is 13.6. The van der Waals surface area contributed by atoms with E-state index in [-0.39, 0.29) is 5.43 Å². The van der Waals surface area contributed by atoms with Crippen LogP contribution in [0.4, 0.5) is 0 Å². The Kier molecular flexibility index (Phi) is 6.33. The van der Waals surface area contributed by atoms with Gasteiger partial charge in [0.1, 0.15) is 23.7 Å². The quantitative estimate of drug-likeness (QED) is 0.288. The molecular formula is C28H25BrO5. The molecule has 3 aromatic carbocycles. The summed E-state index contributed by atoms with van der Waals surface area (Å²) in [6.45, 7) is 5.51. The maximum absolute atomic E-state index is 13.6. The standard InChI is InChI=1S/C28H25BrO5/c1-3-19-13-22-25(15-24(19)33-16-18-5-8-21(29)9-6-18)34-17(2)27(28(22)30)20-7-10-23-26(14-20)32-12-4-11-31-23/h5-10,13-15H,3-4,11-12,16H2,1-2H3. The van der Waals surface area contributed by atoms with Crippen molar-refractivity contribution in [3.8, 4) is 28.4 Å². The van der Waals surface area contributed by atoms with Crippen molar-refractivity contribution in [3.05, 3.63) is 86.2 Å². The molecule has 0 radical (unpaired) electrons. The summed E-state index contributed by atoms with van der Waals surface area (Å²) in [5.74, 6) is 2.63. The number of aryl methyl sites for hydroxylation is 2. The van der Waals surface area contributed by atoms with Gasteiger partial charge in [0, 0.05) is 17.0 Å². The first-order valence-electron chi connectivity index (χ1n) is 11.4. The molecule has 174 valence electrons. The molecule has 0 bridgehead atoms. The third-order valence-electron chi connectivity index (χ3n) is 5.97. The van der Waals surface area contributed by atoms with Gasteiger partial charge < -0.3 is 18.6 Å². The van der Waals surface area contributed by atoms with E-state index in [1.54, 1.807) is 0 Å². The van der Waals surface area contributed by atoms with Gasteiger partial charge in [-0.15, -0.1) is 0 Å². The molecular weight excluding hydrogens is 496 g/mol. The van der Waals surface area contributed by atoms with Crippen LogP contribution >= 0.6 is 15.9 Å². The van der Waals surface area contributed by atoms with Crippen LogP contribution in [0.15, 0.2) is 68.3 Å².